The van der Waals surface area contributed by atoms with Crippen molar-refractivity contribution in [2.75, 3.05) is 13.2 Å². The summed E-state index contributed by atoms with van der Waals surface area (Å²) in [6.07, 6.45) is 6.70. The molecule has 0 bridgehead atoms. The van der Waals surface area contributed by atoms with Crippen molar-refractivity contribution in [3.8, 4) is 11.5 Å². The van der Waals surface area contributed by atoms with Crippen LogP contribution in [0, 0.1) is 0 Å². The van der Waals surface area contributed by atoms with Crippen LogP contribution in [0.2, 0.25) is 0 Å². The fourth-order valence-electron chi connectivity index (χ4n) is 2.51. The second kappa shape index (κ2) is 11.5. The fraction of sp³-hybridized carbons (Fsp3) is 0.429. The maximum Gasteiger partial charge on any atom is 0.123 e. The van der Waals surface area contributed by atoms with Crippen molar-refractivity contribution in [1.29, 1.82) is 0 Å². The van der Waals surface area contributed by atoms with Crippen LogP contribution in [-0.4, -0.2) is 18.3 Å². The van der Waals surface area contributed by atoms with Gasteiger partial charge in [0.05, 0.1) is 6.61 Å². The van der Waals surface area contributed by atoms with Gasteiger partial charge in [-0.25, -0.2) is 0 Å². The van der Waals surface area contributed by atoms with Crippen molar-refractivity contribution in [2.24, 2.45) is 0 Å². The first-order chi connectivity index (χ1) is 11.9. The van der Waals surface area contributed by atoms with E-state index in [1.807, 2.05) is 42.5 Å². The first-order valence-electron chi connectivity index (χ1n) is 8.89. The zero-order valence-electron chi connectivity index (χ0n) is 14.3. The average Bonchev–Trinajstić information content (AvgIpc) is 2.63. The summed E-state index contributed by atoms with van der Waals surface area (Å²) < 4.78 is 11.6. The van der Waals surface area contributed by atoms with Crippen molar-refractivity contribution >= 4 is 0 Å². The van der Waals surface area contributed by atoms with Gasteiger partial charge in [-0.2, -0.15) is 0 Å². The smallest absolute Gasteiger partial charge is 0.123 e. The topological polar surface area (TPSA) is 38.7 Å². The average molecular weight is 328 g/mol. The Labute approximate surface area is 145 Å². The maximum absolute atomic E-state index is 8.73. The van der Waals surface area contributed by atoms with Crippen LogP contribution in [0.15, 0.2) is 54.6 Å². The van der Waals surface area contributed by atoms with Crippen LogP contribution >= 0.6 is 0 Å². The van der Waals surface area contributed by atoms with Crippen LogP contribution in [0.5, 0.6) is 11.5 Å². The van der Waals surface area contributed by atoms with E-state index in [1.54, 1.807) is 0 Å². The molecule has 0 aliphatic rings. The third-order valence-corrected chi connectivity index (χ3v) is 3.88. The molecule has 0 aromatic heterocycles. The molecule has 0 spiro atoms. The molecule has 24 heavy (non-hydrogen) atoms. The van der Waals surface area contributed by atoms with Crippen LogP contribution < -0.4 is 9.47 Å². The summed E-state index contributed by atoms with van der Waals surface area (Å²) in [5, 5.41) is 8.73. The van der Waals surface area contributed by atoms with Gasteiger partial charge in [0.2, 0.25) is 0 Å². The molecule has 3 nitrogen and oxygen atoms in total. The highest BCUT2D eigenvalue weighted by atomic mass is 16.5. The zero-order valence-corrected chi connectivity index (χ0v) is 14.3. The summed E-state index contributed by atoms with van der Waals surface area (Å²) in [4.78, 5) is 0. The molecule has 0 amide bonds. The number of aliphatic hydroxyl groups is 1. The first-order valence-corrected chi connectivity index (χ1v) is 8.89. The molecule has 130 valence electrons. The van der Waals surface area contributed by atoms with Crippen molar-refractivity contribution in [2.45, 2.75) is 45.1 Å². The normalized spacial score (nSPS) is 10.5. The van der Waals surface area contributed by atoms with Gasteiger partial charge in [-0.1, -0.05) is 62.1 Å². The summed E-state index contributed by atoms with van der Waals surface area (Å²) in [6.45, 7) is 1.62. The number of hydrogen-bond acceptors (Lipinski definition) is 3. The number of aliphatic hydroxyl groups excluding tert-OH is 1. The molecule has 0 radical (unpaired) electrons. The molecule has 0 atom stereocenters. The lowest BCUT2D eigenvalue weighted by molar-refractivity contribution is 0.279. The molecule has 1 N–H and O–H groups in total. The van der Waals surface area contributed by atoms with Gasteiger partial charge in [-0.3, -0.25) is 0 Å². The van der Waals surface area contributed by atoms with Crippen molar-refractivity contribution in [3.63, 3.8) is 0 Å². The second-order valence-electron chi connectivity index (χ2n) is 5.94. The fourth-order valence-corrected chi connectivity index (χ4v) is 2.51. The van der Waals surface area contributed by atoms with Crippen LogP contribution in [0.3, 0.4) is 0 Å². The monoisotopic (exact) mass is 328 g/mol. The van der Waals surface area contributed by atoms with Crippen LogP contribution in [-0.2, 0) is 6.61 Å². The summed E-state index contributed by atoms with van der Waals surface area (Å²) in [5.41, 5.74) is 1.16. The van der Waals surface area contributed by atoms with E-state index in [2.05, 4.69) is 12.1 Å². The van der Waals surface area contributed by atoms with E-state index >= 15 is 0 Å². The van der Waals surface area contributed by atoms with Gasteiger partial charge in [0.15, 0.2) is 0 Å². The predicted molar refractivity (Wildman–Crippen MR) is 97.5 cm³/mol. The predicted octanol–water partition coefficient (Wildman–Crippen LogP) is 4.98. The number of ether oxygens (including phenoxy) is 2. The van der Waals surface area contributed by atoms with Crippen molar-refractivity contribution < 1.29 is 14.6 Å². The summed E-state index contributed by atoms with van der Waals surface area (Å²) >= 11 is 0. The Morgan fingerprint density at radius 3 is 2.08 bits per heavy atom. The van der Waals surface area contributed by atoms with Crippen LogP contribution in [0.4, 0.5) is 0 Å². The summed E-state index contributed by atoms with van der Waals surface area (Å²) in [5.74, 6) is 1.70. The Morgan fingerprint density at radius 2 is 1.33 bits per heavy atom. The lowest BCUT2D eigenvalue weighted by atomic mass is 10.1. The van der Waals surface area contributed by atoms with Gasteiger partial charge in [0.25, 0.3) is 0 Å². The maximum atomic E-state index is 8.73. The van der Waals surface area contributed by atoms with Gasteiger partial charge in [0, 0.05) is 12.7 Å². The Balaban J connectivity index is 1.63. The van der Waals surface area contributed by atoms with E-state index < -0.39 is 0 Å². The van der Waals surface area contributed by atoms with E-state index in [9.17, 15) is 0 Å². The van der Waals surface area contributed by atoms with Crippen LogP contribution in [0.1, 0.15) is 44.1 Å². The molecular formula is C21H28O3. The molecule has 2 aromatic carbocycles. The lowest BCUT2D eigenvalue weighted by Gasteiger charge is -2.10. The minimum atomic E-state index is 0.311. The third-order valence-electron chi connectivity index (χ3n) is 3.88. The molecule has 0 saturated heterocycles. The molecule has 3 heteroatoms. The number of rotatable bonds is 12. The zero-order chi connectivity index (χ0) is 16.9. The minimum absolute atomic E-state index is 0.311. The molecular weight excluding hydrogens is 300 g/mol. The number of hydrogen-bond donors (Lipinski definition) is 1. The molecule has 0 heterocycles. The van der Waals surface area contributed by atoms with Gasteiger partial charge in [-0.15, -0.1) is 0 Å². The van der Waals surface area contributed by atoms with E-state index in [0.717, 1.165) is 42.9 Å². The van der Waals surface area contributed by atoms with Gasteiger partial charge < -0.3 is 14.6 Å². The van der Waals surface area contributed by atoms with Gasteiger partial charge in [0.1, 0.15) is 18.1 Å². The third kappa shape index (κ3) is 7.51. The molecule has 2 rings (SSSR count). The van der Waals surface area contributed by atoms with E-state index in [0.29, 0.717) is 13.2 Å². The quantitative estimate of drug-likeness (QED) is 0.559. The van der Waals surface area contributed by atoms with Crippen molar-refractivity contribution in [1.82, 2.24) is 0 Å². The first kappa shape index (κ1) is 18.3. The Kier molecular flexibility index (Phi) is 8.81. The molecule has 0 aliphatic heterocycles. The Morgan fingerprint density at radius 1 is 0.667 bits per heavy atom. The number of benzene rings is 2. The molecule has 0 saturated carbocycles. The Bertz CT molecular complexity index is 554. The summed E-state index contributed by atoms with van der Waals surface area (Å²) in [7, 11) is 0. The highest BCUT2D eigenvalue weighted by Gasteiger charge is 1.99. The largest absolute Gasteiger partial charge is 0.493 e. The highest BCUT2D eigenvalue weighted by molar-refractivity contribution is 5.33. The second-order valence-corrected chi connectivity index (χ2v) is 5.94. The summed E-state index contributed by atoms with van der Waals surface area (Å²) in [6, 6.07) is 18.0. The van der Waals surface area contributed by atoms with Crippen LogP contribution in [0.25, 0.3) is 0 Å². The molecule has 0 aliphatic carbocycles. The van der Waals surface area contributed by atoms with E-state index in [4.69, 9.17) is 14.6 Å². The SMILES string of the molecule is OCCCCCCCCOc1cccc(OCc2ccccc2)c1. The van der Waals surface area contributed by atoms with E-state index in [1.165, 1.54) is 19.3 Å². The van der Waals surface area contributed by atoms with Gasteiger partial charge in [-0.05, 0) is 30.5 Å². The van der Waals surface area contributed by atoms with Crippen molar-refractivity contribution in [3.05, 3.63) is 60.2 Å². The lowest BCUT2D eigenvalue weighted by Crippen LogP contribution is -1.99. The highest BCUT2D eigenvalue weighted by Crippen LogP contribution is 2.21. The molecule has 2 aromatic rings. The van der Waals surface area contributed by atoms with E-state index in [-0.39, 0.29) is 0 Å². The molecule has 0 fully saturated rings. The molecule has 0 unspecified atom stereocenters. The standard InChI is InChI=1S/C21H28O3/c22-15-8-3-1-2-4-9-16-23-20-13-10-14-21(17-20)24-18-19-11-6-5-7-12-19/h5-7,10-14,17,22H,1-4,8-9,15-16,18H2. The minimum Gasteiger partial charge on any atom is -0.493 e. The number of unbranched alkanes of at least 4 members (excludes halogenated alkanes) is 5. The van der Waals surface area contributed by atoms with Gasteiger partial charge >= 0.3 is 0 Å². The Hall–Kier alpha value is -2.00.